The van der Waals surface area contributed by atoms with E-state index < -0.39 is 5.97 Å². The molecule has 1 aliphatic heterocycles. The van der Waals surface area contributed by atoms with Gasteiger partial charge in [0, 0.05) is 6.04 Å². The van der Waals surface area contributed by atoms with Crippen molar-refractivity contribution in [2.24, 2.45) is 0 Å². The van der Waals surface area contributed by atoms with Crippen LogP contribution in [-0.4, -0.2) is 37.4 Å². The molecule has 0 amide bonds. The van der Waals surface area contributed by atoms with E-state index in [1.165, 1.54) is 32.1 Å². The van der Waals surface area contributed by atoms with Crippen LogP contribution in [0.25, 0.3) is 0 Å². The fourth-order valence-electron chi connectivity index (χ4n) is 2.18. The second-order valence-corrected chi connectivity index (χ2v) is 4.63. The Balaban J connectivity index is 2.00. The van der Waals surface area contributed by atoms with Gasteiger partial charge in [-0.3, -0.25) is 0 Å². The van der Waals surface area contributed by atoms with Crippen LogP contribution in [0.1, 0.15) is 29.6 Å². The highest BCUT2D eigenvalue weighted by molar-refractivity contribution is 5.88. The smallest absolute Gasteiger partial charge is 0.335 e. The fourth-order valence-corrected chi connectivity index (χ4v) is 2.18. The van der Waals surface area contributed by atoms with Gasteiger partial charge in [0.15, 0.2) is 11.5 Å². The normalized spacial score (nSPS) is 18.9. The van der Waals surface area contributed by atoms with E-state index in [4.69, 9.17) is 14.6 Å². The summed E-state index contributed by atoms with van der Waals surface area (Å²) in [6, 6.07) is 5.00. The van der Waals surface area contributed by atoms with Crippen molar-refractivity contribution in [3.8, 4) is 11.5 Å². The summed E-state index contributed by atoms with van der Waals surface area (Å²) < 4.78 is 10.9. The molecule has 1 fully saturated rings. The van der Waals surface area contributed by atoms with Gasteiger partial charge in [-0.25, -0.2) is 4.79 Å². The molecule has 104 valence electrons. The average Bonchev–Trinajstić information content (AvgIpc) is 2.45. The van der Waals surface area contributed by atoms with Crippen molar-refractivity contribution >= 4 is 5.97 Å². The topological polar surface area (TPSA) is 67.8 Å². The summed E-state index contributed by atoms with van der Waals surface area (Å²) in [7, 11) is 1.51. The first kappa shape index (κ1) is 13.7. The summed E-state index contributed by atoms with van der Waals surface area (Å²) in [6.07, 6.45) is 3.54. The second-order valence-electron chi connectivity index (χ2n) is 4.63. The van der Waals surface area contributed by atoms with Gasteiger partial charge in [-0.1, -0.05) is 6.42 Å². The van der Waals surface area contributed by atoms with Gasteiger partial charge in [0.05, 0.1) is 12.7 Å². The van der Waals surface area contributed by atoms with Crippen molar-refractivity contribution in [1.29, 1.82) is 0 Å². The standard InChI is InChI=1S/C14H19NO4/c1-18-13-8-10(14(16)17)5-6-12(13)19-9-11-4-2-3-7-15-11/h5-6,8,11,15H,2-4,7,9H2,1H3,(H,16,17). The molecule has 0 aromatic heterocycles. The van der Waals surface area contributed by atoms with Gasteiger partial charge in [-0.15, -0.1) is 0 Å². The molecule has 0 aliphatic carbocycles. The summed E-state index contributed by atoms with van der Waals surface area (Å²) in [5.41, 5.74) is 0.194. The number of piperidine rings is 1. The van der Waals surface area contributed by atoms with Crippen LogP contribution in [0.4, 0.5) is 0 Å². The third-order valence-corrected chi connectivity index (χ3v) is 3.26. The second kappa shape index (κ2) is 6.43. The zero-order chi connectivity index (χ0) is 13.7. The number of carbonyl (C=O) groups is 1. The largest absolute Gasteiger partial charge is 0.493 e. The minimum absolute atomic E-state index is 0.194. The number of ether oxygens (including phenoxy) is 2. The third kappa shape index (κ3) is 3.61. The molecule has 1 aromatic rings. The number of hydrogen-bond acceptors (Lipinski definition) is 4. The van der Waals surface area contributed by atoms with Gasteiger partial charge in [-0.05, 0) is 37.6 Å². The summed E-state index contributed by atoms with van der Waals surface area (Å²) in [5, 5.41) is 12.3. The van der Waals surface area contributed by atoms with Crippen LogP contribution >= 0.6 is 0 Å². The summed E-state index contributed by atoms with van der Waals surface area (Å²) >= 11 is 0. The number of carboxylic acids is 1. The number of carboxylic acid groups (broad SMARTS) is 1. The van der Waals surface area contributed by atoms with E-state index in [0.717, 1.165) is 13.0 Å². The van der Waals surface area contributed by atoms with Crippen LogP contribution in [0, 0.1) is 0 Å². The molecule has 1 heterocycles. The van der Waals surface area contributed by atoms with Crippen molar-refractivity contribution in [2.75, 3.05) is 20.3 Å². The van der Waals surface area contributed by atoms with Gasteiger partial charge in [-0.2, -0.15) is 0 Å². The lowest BCUT2D eigenvalue weighted by Gasteiger charge is -2.23. The van der Waals surface area contributed by atoms with Gasteiger partial charge < -0.3 is 19.9 Å². The van der Waals surface area contributed by atoms with Crippen molar-refractivity contribution in [3.05, 3.63) is 23.8 Å². The van der Waals surface area contributed by atoms with Crippen LogP contribution in [0.2, 0.25) is 0 Å². The molecule has 1 aromatic carbocycles. The van der Waals surface area contributed by atoms with Gasteiger partial charge in [0.1, 0.15) is 6.61 Å². The summed E-state index contributed by atoms with van der Waals surface area (Å²) in [4.78, 5) is 10.9. The number of methoxy groups -OCH3 is 1. The average molecular weight is 265 g/mol. The van der Waals surface area contributed by atoms with Crippen molar-refractivity contribution in [2.45, 2.75) is 25.3 Å². The Bertz CT molecular complexity index is 441. The van der Waals surface area contributed by atoms with E-state index in [-0.39, 0.29) is 5.56 Å². The fraction of sp³-hybridized carbons (Fsp3) is 0.500. The highest BCUT2D eigenvalue weighted by Gasteiger charge is 2.15. The SMILES string of the molecule is COc1cc(C(=O)O)ccc1OCC1CCCCN1. The first-order valence-electron chi connectivity index (χ1n) is 6.48. The Kier molecular flexibility index (Phi) is 4.63. The van der Waals surface area contributed by atoms with E-state index in [1.807, 2.05) is 0 Å². The molecule has 1 aliphatic rings. The molecular formula is C14H19NO4. The molecule has 5 heteroatoms. The quantitative estimate of drug-likeness (QED) is 0.851. The molecule has 19 heavy (non-hydrogen) atoms. The molecule has 0 saturated carbocycles. The predicted octanol–water partition coefficient (Wildman–Crippen LogP) is 1.91. The van der Waals surface area contributed by atoms with Crippen LogP contribution in [0.15, 0.2) is 18.2 Å². The molecule has 1 unspecified atom stereocenters. The van der Waals surface area contributed by atoms with Gasteiger partial charge in [0.2, 0.25) is 0 Å². The number of benzene rings is 1. The molecule has 2 N–H and O–H groups in total. The van der Waals surface area contributed by atoms with E-state index in [1.54, 1.807) is 6.07 Å². The minimum Gasteiger partial charge on any atom is -0.493 e. The zero-order valence-corrected chi connectivity index (χ0v) is 11.0. The number of nitrogens with one attached hydrogen (secondary N) is 1. The molecule has 0 radical (unpaired) electrons. The Hall–Kier alpha value is -1.75. The third-order valence-electron chi connectivity index (χ3n) is 3.26. The van der Waals surface area contributed by atoms with Crippen LogP contribution in [0.5, 0.6) is 11.5 Å². The van der Waals surface area contributed by atoms with E-state index in [2.05, 4.69) is 5.32 Å². The minimum atomic E-state index is -0.973. The number of hydrogen-bond donors (Lipinski definition) is 2. The van der Waals surface area contributed by atoms with E-state index >= 15 is 0 Å². The van der Waals surface area contributed by atoms with Crippen LogP contribution in [-0.2, 0) is 0 Å². The maximum Gasteiger partial charge on any atom is 0.335 e. The molecule has 1 atom stereocenters. The Morgan fingerprint density at radius 1 is 1.42 bits per heavy atom. The van der Waals surface area contributed by atoms with E-state index in [9.17, 15) is 4.79 Å². The van der Waals surface area contributed by atoms with Crippen LogP contribution < -0.4 is 14.8 Å². The first-order chi connectivity index (χ1) is 9.20. The van der Waals surface area contributed by atoms with Crippen LogP contribution in [0.3, 0.4) is 0 Å². The lowest BCUT2D eigenvalue weighted by molar-refractivity contribution is 0.0696. The maximum absolute atomic E-state index is 10.9. The van der Waals surface area contributed by atoms with E-state index in [0.29, 0.717) is 24.1 Å². The zero-order valence-electron chi connectivity index (χ0n) is 11.0. The maximum atomic E-state index is 10.9. The molecule has 1 saturated heterocycles. The lowest BCUT2D eigenvalue weighted by Crippen LogP contribution is -2.38. The highest BCUT2D eigenvalue weighted by Crippen LogP contribution is 2.28. The monoisotopic (exact) mass is 265 g/mol. The molecule has 2 rings (SSSR count). The van der Waals surface area contributed by atoms with Gasteiger partial charge in [0.25, 0.3) is 0 Å². The van der Waals surface area contributed by atoms with Crippen molar-refractivity contribution in [3.63, 3.8) is 0 Å². The molecule has 5 nitrogen and oxygen atoms in total. The molecule has 0 bridgehead atoms. The predicted molar refractivity (Wildman–Crippen MR) is 71.1 cm³/mol. The Morgan fingerprint density at radius 3 is 2.89 bits per heavy atom. The Morgan fingerprint density at radius 2 is 2.26 bits per heavy atom. The lowest BCUT2D eigenvalue weighted by atomic mass is 10.1. The molecular weight excluding hydrogens is 246 g/mol. The number of rotatable bonds is 5. The number of aromatic carboxylic acids is 1. The summed E-state index contributed by atoms with van der Waals surface area (Å²) in [5.74, 6) is 0.0642. The van der Waals surface area contributed by atoms with Crippen molar-refractivity contribution in [1.82, 2.24) is 5.32 Å². The Labute approximate surface area is 112 Å². The first-order valence-corrected chi connectivity index (χ1v) is 6.48. The molecule has 0 spiro atoms. The van der Waals surface area contributed by atoms with Crippen molar-refractivity contribution < 1.29 is 19.4 Å². The highest BCUT2D eigenvalue weighted by atomic mass is 16.5. The van der Waals surface area contributed by atoms with Gasteiger partial charge >= 0.3 is 5.97 Å². The summed E-state index contributed by atoms with van der Waals surface area (Å²) in [6.45, 7) is 1.60.